The molecule has 1 aromatic rings. The zero-order valence-corrected chi connectivity index (χ0v) is 11.7. The molecule has 0 aromatic heterocycles. The van der Waals surface area contributed by atoms with Crippen LogP contribution in [0.2, 0.25) is 0 Å². The quantitative estimate of drug-likeness (QED) is 0.863. The van der Waals surface area contributed by atoms with Gasteiger partial charge >= 0.3 is 0 Å². The van der Waals surface area contributed by atoms with Gasteiger partial charge in [-0.25, -0.2) is 0 Å². The molecule has 16 heavy (non-hydrogen) atoms. The fourth-order valence-electron chi connectivity index (χ4n) is 1.73. The standard InChI is InChI=1S/C11H12Br2N2O/c12-7-1-6(2-8(13)3-7)11(16)15-10-4-9(14)5-10/h1-3,9-10H,4-5,14H2,(H,15,16). The molecule has 1 aromatic carbocycles. The van der Waals surface area contributed by atoms with Gasteiger partial charge in [-0.1, -0.05) is 31.9 Å². The third kappa shape index (κ3) is 2.84. The summed E-state index contributed by atoms with van der Waals surface area (Å²) in [6.07, 6.45) is 1.75. The van der Waals surface area contributed by atoms with Crippen LogP contribution in [0.5, 0.6) is 0 Å². The molecule has 1 aliphatic rings. The van der Waals surface area contributed by atoms with E-state index in [4.69, 9.17) is 5.73 Å². The van der Waals surface area contributed by atoms with E-state index < -0.39 is 0 Å². The number of hydrogen-bond donors (Lipinski definition) is 2. The molecule has 1 amide bonds. The van der Waals surface area contributed by atoms with E-state index in [-0.39, 0.29) is 18.0 Å². The molecule has 0 spiro atoms. The summed E-state index contributed by atoms with van der Waals surface area (Å²) in [4.78, 5) is 11.9. The van der Waals surface area contributed by atoms with Gasteiger partial charge in [-0.2, -0.15) is 0 Å². The van der Waals surface area contributed by atoms with Gasteiger partial charge in [0, 0.05) is 26.6 Å². The number of carbonyl (C=O) groups excluding carboxylic acids is 1. The number of amides is 1. The Kier molecular flexibility index (Phi) is 3.66. The summed E-state index contributed by atoms with van der Waals surface area (Å²) in [5.74, 6) is -0.0427. The first-order valence-corrected chi connectivity index (χ1v) is 6.66. The highest BCUT2D eigenvalue weighted by atomic mass is 79.9. The van der Waals surface area contributed by atoms with Crippen LogP contribution in [0, 0.1) is 0 Å². The van der Waals surface area contributed by atoms with Gasteiger partial charge in [0.25, 0.3) is 5.91 Å². The Morgan fingerprint density at radius 1 is 1.25 bits per heavy atom. The van der Waals surface area contributed by atoms with Gasteiger partial charge in [-0.15, -0.1) is 0 Å². The predicted molar refractivity (Wildman–Crippen MR) is 70.3 cm³/mol. The minimum atomic E-state index is -0.0427. The Morgan fingerprint density at radius 3 is 2.31 bits per heavy atom. The normalized spacial score (nSPS) is 23.7. The zero-order chi connectivity index (χ0) is 11.7. The van der Waals surface area contributed by atoms with Crippen molar-refractivity contribution >= 4 is 37.8 Å². The highest BCUT2D eigenvalue weighted by Crippen LogP contribution is 2.22. The molecule has 0 heterocycles. The van der Waals surface area contributed by atoms with Crippen molar-refractivity contribution in [1.82, 2.24) is 5.32 Å². The van der Waals surface area contributed by atoms with E-state index in [1.54, 1.807) is 12.1 Å². The molecule has 1 saturated carbocycles. The maximum Gasteiger partial charge on any atom is 0.251 e. The first kappa shape index (κ1) is 12.1. The number of benzene rings is 1. The second-order valence-electron chi connectivity index (χ2n) is 4.06. The molecule has 86 valence electrons. The van der Waals surface area contributed by atoms with Crippen molar-refractivity contribution in [3.63, 3.8) is 0 Å². The predicted octanol–water partition coefficient (Wildman–Crippen LogP) is 2.43. The minimum absolute atomic E-state index is 0.0427. The Morgan fingerprint density at radius 2 is 1.81 bits per heavy atom. The van der Waals surface area contributed by atoms with Crippen molar-refractivity contribution in [3.05, 3.63) is 32.7 Å². The number of nitrogens with two attached hydrogens (primary N) is 1. The molecule has 5 heteroatoms. The van der Waals surface area contributed by atoms with Gasteiger partial charge in [-0.3, -0.25) is 4.79 Å². The van der Waals surface area contributed by atoms with Crippen molar-refractivity contribution in [3.8, 4) is 0 Å². The Hall–Kier alpha value is -0.390. The topological polar surface area (TPSA) is 55.1 Å². The second kappa shape index (κ2) is 4.85. The fraction of sp³-hybridized carbons (Fsp3) is 0.364. The highest BCUT2D eigenvalue weighted by molar-refractivity contribution is 9.11. The Labute approximate surface area is 111 Å². The lowest BCUT2D eigenvalue weighted by molar-refractivity contribution is 0.0910. The molecule has 1 fully saturated rings. The Bertz CT molecular complexity index is 396. The van der Waals surface area contributed by atoms with Crippen LogP contribution in [-0.4, -0.2) is 18.0 Å². The molecule has 2 rings (SSSR count). The summed E-state index contributed by atoms with van der Waals surface area (Å²) < 4.78 is 1.77. The summed E-state index contributed by atoms with van der Waals surface area (Å²) in [5.41, 5.74) is 6.32. The average molecular weight is 348 g/mol. The third-order valence-electron chi connectivity index (χ3n) is 2.63. The molecular weight excluding hydrogens is 336 g/mol. The number of carbonyl (C=O) groups is 1. The van der Waals surface area contributed by atoms with Gasteiger partial charge in [0.2, 0.25) is 0 Å². The fourth-order valence-corrected chi connectivity index (χ4v) is 3.03. The summed E-state index contributed by atoms with van der Waals surface area (Å²) in [6.45, 7) is 0. The smallest absolute Gasteiger partial charge is 0.251 e. The zero-order valence-electron chi connectivity index (χ0n) is 8.54. The van der Waals surface area contributed by atoms with E-state index in [1.165, 1.54) is 0 Å². The maximum atomic E-state index is 11.9. The summed E-state index contributed by atoms with van der Waals surface area (Å²) in [6, 6.07) is 5.99. The van der Waals surface area contributed by atoms with Crippen molar-refractivity contribution in [2.24, 2.45) is 5.73 Å². The van der Waals surface area contributed by atoms with Gasteiger partial charge in [-0.05, 0) is 31.0 Å². The second-order valence-corrected chi connectivity index (χ2v) is 5.89. The van der Waals surface area contributed by atoms with E-state index in [9.17, 15) is 4.79 Å². The van der Waals surface area contributed by atoms with Crippen molar-refractivity contribution in [2.75, 3.05) is 0 Å². The van der Waals surface area contributed by atoms with Crippen LogP contribution in [0.15, 0.2) is 27.1 Å². The molecular formula is C11H12Br2N2O. The van der Waals surface area contributed by atoms with Crippen LogP contribution >= 0.6 is 31.9 Å². The van der Waals surface area contributed by atoms with Crippen LogP contribution < -0.4 is 11.1 Å². The average Bonchev–Trinajstić information content (AvgIpc) is 2.13. The summed E-state index contributed by atoms with van der Waals surface area (Å²) in [5, 5.41) is 2.96. The molecule has 3 N–H and O–H groups in total. The van der Waals surface area contributed by atoms with Crippen LogP contribution in [0.4, 0.5) is 0 Å². The van der Waals surface area contributed by atoms with Crippen LogP contribution in [0.1, 0.15) is 23.2 Å². The van der Waals surface area contributed by atoms with Gasteiger partial charge in [0.1, 0.15) is 0 Å². The molecule has 0 radical (unpaired) electrons. The summed E-state index contributed by atoms with van der Waals surface area (Å²) in [7, 11) is 0. The van der Waals surface area contributed by atoms with E-state index in [0.29, 0.717) is 5.56 Å². The monoisotopic (exact) mass is 346 g/mol. The van der Waals surface area contributed by atoms with Gasteiger partial charge in [0.15, 0.2) is 0 Å². The largest absolute Gasteiger partial charge is 0.349 e. The Balaban J connectivity index is 2.03. The molecule has 1 aliphatic carbocycles. The highest BCUT2D eigenvalue weighted by Gasteiger charge is 2.27. The molecule has 0 bridgehead atoms. The number of hydrogen-bond acceptors (Lipinski definition) is 2. The van der Waals surface area contributed by atoms with Gasteiger partial charge < -0.3 is 11.1 Å². The first-order chi connectivity index (χ1) is 7.54. The molecule has 3 nitrogen and oxygen atoms in total. The van der Waals surface area contributed by atoms with Crippen LogP contribution in [0.3, 0.4) is 0 Å². The SMILES string of the molecule is NC1CC(NC(=O)c2cc(Br)cc(Br)c2)C1. The van der Waals surface area contributed by atoms with Crippen LogP contribution in [-0.2, 0) is 0 Å². The van der Waals surface area contributed by atoms with Crippen molar-refractivity contribution < 1.29 is 4.79 Å². The minimum Gasteiger partial charge on any atom is -0.349 e. The number of rotatable bonds is 2. The van der Waals surface area contributed by atoms with Crippen molar-refractivity contribution in [2.45, 2.75) is 24.9 Å². The lowest BCUT2D eigenvalue weighted by atomic mass is 9.87. The number of halogens is 2. The molecule has 0 aliphatic heterocycles. The van der Waals surface area contributed by atoms with E-state index in [1.807, 2.05) is 6.07 Å². The lowest BCUT2D eigenvalue weighted by Crippen LogP contribution is -2.50. The lowest BCUT2D eigenvalue weighted by Gasteiger charge is -2.32. The van der Waals surface area contributed by atoms with Crippen molar-refractivity contribution in [1.29, 1.82) is 0 Å². The molecule has 0 saturated heterocycles. The van der Waals surface area contributed by atoms with Gasteiger partial charge in [0.05, 0.1) is 0 Å². The third-order valence-corrected chi connectivity index (χ3v) is 3.55. The maximum absolute atomic E-state index is 11.9. The van der Waals surface area contributed by atoms with E-state index in [2.05, 4.69) is 37.2 Å². The summed E-state index contributed by atoms with van der Waals surface area (Å²) >= 11 is 6.72. The van der Waals surface area contributed by atoms with E-state index >= 15 is 0 Å². The molecule has 0 atom stereocenters. The first-order valence-electron chi connectivity index (χ1n) is 5.07. The van der Waals surface area contributed by atoms with Crippen LogP contribution in [0.25, 0.3) is 0 Å². The van der Waals surface area contributed by atoms with E-state index in [0.717, 1.165) is 21.8 Å². The molecule has 0 unspecified atom stereocenters. The number of nitrogens with one attached hydrogen (secondary N) is 1.